The van der Waals surface area contributed by atoms with Crippen LogP contribution >= 0.6 is 0 Å². The van der Waals surface area contributed by atoms with E-state index in [-0.39, 0.29) is 17.6 Å². The van der Waals surface area contributed by atoms with Gasteiger partial charge >= 0.3 is 0 Å². The van der Waals surface area contributed by atoms with Gasteiger partial charge in [-0.2, -0.15) is 0 Å². The number of rotatable bonds is 3. The predicted molar refractivity (Wildman–Crippen MR) is 80.7 cm³/mol. The van der Waals surface area contributed by atoms with Crippen LogP contribution in [0.25, 0.3) is 10.8 Å². The minimum absolute atomic E-state index is 0.0708. The summed E-state index contributed by atoms with van der Waals surface area (Å²) in [5.41, 5.74) is 6.58. The third-order valence-electron chi connectivity index (χ3n) is 5.27. The molecule has 2 aromatic rings. The first-order valence-corrected chi connectivity index (χ1v) is 7.61. The summed E-state index contributed by atoms with van der Waals surface area (Å²) in [6, 6.07) is 8.03. The van der Waals surface area contributed by atoms with Gasteiger partial charge in [-0.05, 0) is 24.6 Å². The van der Waals surface area contributed by atoms with Gasteiger partial charge in [0, 0.05) is 35.3 Å². The van der Waals surface area contributed by atoms with Crippen LogP contribution in [0.5, 0.6) is 0 Å². The van der Waals surface area contributed by atoms with Gasteiger partial charge in [0.05, 0.1) is 18.3 Å². The number of aliphatic hydroxyl groups is 1. The maximum absolute atomic E-state index is 11.1. The Bertz CT molecular complexity index is 669. The van der Waals surface area contributed by atoms with E-state index in [0.29, 0.717) is 6.54 Å². The minimum atomic E-state index is -0.628. The van der Waals surface area contributed by atoms with Crippen LogP contribution in [0.2, 0.25) is 0 Å². The quantitative estimate of drug-likeness (QED) is 0.906. The normalized spacial score (nSPS) is 32.7. The van der Waals surface area contributed by atoms with Crippen LogP contribution in [0, 0.1) is 5.41 Å². The average molecular weight is 284 g/mol. The minimum Gasteiger partial charge on any atom is -0.388 e. The van der Waals surface area contributed by atoms with Crippen molar-refractivity contribution in [2.75, 3.05) is 6.54 Å². The van der Waals surface area contributed by atoms with E-state index >= 15 is 0 Å². The third kappa shape index (κ3) is 1.83. The van der Waals surface area contributed by atoms with Crippen LogP contribution in [0.15, 0.2) is 36.7 Å². The molecule has 4 rings (SSSR count). The second kappa shape index (κ2) is 4.77. The van der Waals surface area contributed by atoms with Gasteiger partial charge in [0.25, 0.3) is 0 Å². The molecule has 4 heteroatoms. The molecule has 2 saturated heterocycles. The highest BCUT2D eigenvalue weighted by atomic mass is 16.5. The van der Waals surface area contributed by atoms with Crippen molar-refractivity contribution in [1.82, 2.24) is 4.98 Å². The van der Waals surface area contributed by atoms with Crippen LogP contribution in [0.4, 0.5) is 0 Å². The second-order valence-corrected chi connectivity index (χ2v) is 6.32. The van der Waals surface area contributed by atoms with Gasteiger partial charge < -0.3 is 15.6 Å². The number of hydrogen-bond acceptors (Lipinski definition) is 4. The maximum atomic E-state index is 11.1. The monoisotopic (exact) mass is 284 g/mol. The molecule has 0 amide bonds. The number of nitrogens with zero attached hydrogens (tertiary/aromatic N) is 1. The van der Waals surface area contributed by atoms with Gasteiger partial charge in [0.2, 0.25) is 0 Å². The molecule has 110 valence electrons. The van der Waals surface area contributed by atoms with Crippen molar-refractivity contribution < 1.29 is 9.84 Å². The Morgan fingerprint density at radius 2 is 2.19 bits per heavy atom. The van der Waals surface area contributed by atoms with Gasteiger partial charge in [-0.15, -0.1) is 0 Å². The van der Waals surface area contributed by atoms with Crippen LogP contribution in [0.1, 0.15) is 30.9 Å². The fraction of sp³-hybridized carbons (Fsp3) is 0.471. The number of fused-ring (bicyclic) bond motifs is 3. The predicted octanol–water partition coefficient (Wildman–Crippen LogP) is 2.16. The molecule has 2 aliphatic heterocycles. The molecule has 1 aromatic carbocycles. The van der Waals surface area contributed by atoms with E-state index in [1.165, 1.54) is 0 Å². The Morgan fingerprint density at radius 3 is 2.90 bits per heavy atom. The van der Waals surface area contributed by atoms with Crippen molar-refractivity contribution in [3.8, 4) is 0 Å². The molecular weight excluding hydrogens is 264 g/mol. The number of nitrogens with two attached hydrogens (primary N) is 1. The number of aromatic nitrogens is 1. The fourth-order valence-corrected chi connectivity index (χ4v) is 4.12. The van der Waals surface area contributed by atoms with Crippen molar-refractivity contribution in [1.29, 1.82) is 0 Å². The van der Waals surface area contributed by atoms with E-state index in [9.17, 15) is 5.11 Å². The van der Waals surface area contributed by atoms with Crippen molar-refractivity contribution in [3.05, 3.63) is 42.2 Å². The second-order valence-electron chi connectivity index (χ2n) is 6.32. The molecule has 0 radical (unpaired) electrons. The summed E-state index contributed by atoms with van der Waals surface area (Å²) in [5, 5.41) is 13.2. The lowest BCUT2D eigenvalue weighted by Crippen LogP contribution is -2.44. The number of pyridine rings is 1. The SMILES string of the molecule is NCC1(C(O)c2cncc3ccccc23)CC2CCC1O2. The summed E-state index contributed by atoms with van der Waals surface area (Å²) in [6.07, 6.45) is 6.24. The Labute approximate surface area is 123 Å². The zero-order valence-corrected chi connectivity index (χ0v) is 11.9. The highest BCUT2D eigenvalue weighted by Crippen LogP contribution is 2.54. The smallest absolute Gasteiger partial charge is 0.0905 e. The van der Waals surface area contributed by atoms with Crippen LogP contribution in [-0.4, -0.2) is 28.8 Å². The standard InChI is InChI=1S/C17H20N2O2/c18-10-17(7-12-5-6-15(17)21-12)16(20)14-9-19-8-11-3-1-2-4-13(11)14/h1-4,8-9,12,15-16,20H,5-7,10,18H2. The summed E-state index contributed by atoms with van der Waals surface area (Å²) in [7, 11) is 0. The lowest BCUT2D eigenvalue weighted by Gasteiger charge is -2.38. The molecule has 0 spiro atoms. The summed E-state index contributed by atoms with van der Waals surface area (Å²) >= 11 is 0. The van der Waals surface area contributed by atoms with Gasteiger partial charge in [-0.3, -0.25) is 4.98 Å². The molecule has 21 heavy (non-hydrogen) atoms. The van der Waals surface area contributed by atoms with Gasteiger partial charge in [-0.25, -0.2) is 0 Å². The van der Waals surface area contributed by atoms with Crippen molar-refractivity contribution in [2.24, 2.45) is 11.1 Å². The van der Waals surface area contributed by atoms with Gasteiger partial charge in [0.15, 0.2) is 0 Å². The molecule has 2 bridgehead atoms. The molecule has 0 aliphatic carbocycles. The Morgan fingerprint density at radius 1 is 1.33 bits per heavy atom. The first kappa shape index (κ1) is 13.2. The zero-order valence-electron chi connectivity index (χ0n) is 11.9. The highest BCUT2D eigenvalue weighted by molar-refractivity contribution is 5.85. The average Bonchev–Trinajstić information content (AvgIpc) is 3.15. The molecular formula is C17H20N2O2. The van der Waals surface area contributed by atoms with Crippen molar-refractivity contribution in [2.45, 2.75) is 37.6 Å². The third-order valence-corrected chi connectivity index (χ3v) is 5.27. The molecule has 3 heterocycles. The maximum Gasteiger partial charge on any atom is 0.0905 e. The fourth-order valence-electron chi connectivity index (χ4n) is 4.12. The van der Waals surface area contributed by atoms with Crippen molar-refractivity contribution >= 4 is 10.8 Å². The van der Waals surface area contributed by atoms with E-state index in [2.05, 4.69) is 4.98 Å². The van der Waals surface area contributed by atoms with E-state index < -0.39 is 6.10 Å². The first-order chi connectivity index (χ1) is 10.2. The summed E-state index contributed by atoms with van der Waals surface area (Å²) in [5.74, 6) is 0. The lowest BCUT2D eigenvalue weighted by atomic mass is 9.68. The summed E-state index contributed by atoms with van der Waals surface area (Å²) in [4.78, 5) is 4.29. The Hall–Kier alpha value is -1.49. The highest BCUT2D eigenvalue weighted by Gasteiger charge is 2.56. The molecule has 4 nitrogen and oxygen atoms in total. The molecule has 3 N–H and O–H groups in total. The van der Waals surface area contributed by atoms with Gasteiger partial charge in [0.1, 0.15) is 0 Å². The van der Waals surface area contributed by atoms with Crippen molar-refractivity contribution in [3.63, 3.8) is 0 Å². The number of aliphatic hydroxyl groups excluding tert-OH is 1. The molecule has 0 saturated carbocycles. The van der Waals surface area contributed by atoms with Gasteiger partial charge in [-0.1, -0.05) is 24.3 Å². The molecule has 4 unspecified atom stereocenters. The van der Waals surface area contributed by atoms with E-state index in [0.717, 1.165) is 35.6 Å². The van der Waals surface area contributed by atoms with E-state index in [4.69, 9.17) is 10.5 Å². The zero-order chi connectivity index (χ0) is 14.4. The lowest BCUT2D eigenvalue weighted by molar-refractivity contribution is -0.0258. The largest absolute Gasteiger partial charge is 0.388 e. The summed E-state index contributed by atoms with van der Waals surface area (Å²) < 4.78 is 5.97. The van der Waals surface area contributed by atoms with Crippen LogP contribution < -0.4 is 5.73 Å². The number of hydrogen-bond donors (Lipinski definition) is 2. The Kier molecular flexibility index (Phi) is 2.99. The molecule has 2 aliphatic rings. The first-order valence-electron chi connectivity index (χ1n) is 7.61. The van der Waals surface area contributed by atoms with E-state index in [1.807, 2.05) is 30.5 Å². The molecule has 1 aromatic heterocycles. The molecule has 2 fully saturated rings. The number of benzene rings is 1. The van der Waals surface area contributed by atoms with E-state index in [1.54, 1.807) is 6.20 Å². The Balaban J connectivity index is 1.81. The van der Waals surface area contributed by atoms with Crippen LogP contribution in [0.3, 0.4) is 0 Å². The molecule has 4 atom stereocenters. The summed E-state index contributed by atoms with van der Waals surface area (Å²) in [6.45, 7) is 0.443. The van der Waals surface area contributed by atoms with Crippen LogP contribution in [-0.2, 0) is 4.74 Å². The number of ether oxygens (including phenoxy) is 1. The topological polar surface area (TPSA) is 68.4 Å².